The van der Waals surface area contributed by atoms with Crippen molar-refractivity contribution < 1.29 is 37.3 Å². The lowest BCUT2D eigenvalue weighted by Crippen LogP contribution is -2.17. The fraction of sp³-hybridized carbons (Fsp3) is 0.333. The minimum atomic E-state index is -5.08. The fourth-order valence-corrected chi connectivity index (χ4v) is 0.216. The zero-order valence-corrected chi connectivity index (χ0v) is 7.00. The van der Waals surface area contributed by atoms with Crippen molar-refractivity contribution in [2.24, 2.45) is 0 Å². The van der Waals surface area contributed by atoms with Crippen LogP contribution < -0.4 is 0 Å². The Hall–Kier alpha value is -1.73. The van der Waals surface area contributed by atoms with Crippen LogP contribution >= 0.6 is 0 Å². The van der Waals surface area contributed by atoms with Gasteiger partial charge in [-0.1, -0.05) is 6.58 Å². The number of carbonyl (C=O) groups is 2. The average Bonchev–Trinajstić information content (AvgIpc) is 1.80. The summed E-state index contributed by atoms with van der Waals surface area (Å²) >= 11 is 0. The van der Waals surface area contributed by atoms with Gasteiger partial charge in [0, 0.05) is 6.92 Å². The van der Waals surface area contributed by atoms with Crippen LogP contribution in [-0.4, -0.2) is 23.6 Å². The molecule has 0 saturated carbocycles. The molecule has 0 rings (SSSR count). The molecule has 0 atom stereocenters. The Morgan fingerprint density at radius 2 is 1.86 bits per heavy atom. The first-order valence-corrected chi connectivity index (χ1v) is 2.96. The molecule has 5 nitrogen and oxygen atoms in total. The second kappa shape index (κ2) is 6.75. The minimum Gasteiger partial charge on any atom is -0.450 e. The number of halogens is 3. The van der Waals surface area contributed by atoms with Gasteiger partial charge in [-0.15, -0.1) is 13.2 Å². The number of esters is 1. The monoisotopic (exact) mass is 216 g/mol. The molecule has 0 saturated heterocycles. The molecule has 0 aliphatic rings. The molecule has 0 spiro atoms. The van der Waals surface area contributed by atoms with Crippen LogP contribution in [0.2, 0.25) is 0 Å². The zero-order valence-electron chi connectivity index (χ0n) is 7.00. The molecule has 8 heteroatoms. The van der Waals surface area contributed by atoms with E-state index in [1.165, 1.54) is 6.92 Å². The Morgan fingerprint density at radius 1 is 1.43 bits per heavy atom. The maximum Gasteiger partial charge on any atom is 0.577 e. The van der Waals surface area contributed by atoms with Crippen LogP contribution in [0.25, 0.3) is 0 Å². The van der Waals surface area contributed by atoms with Gasteiger partial charge < -0.3 is 14.6 Å². The first kappa shape index (κ1) is 14.8. The maximum atomic E-state index is 10.7. The van der Waals surface area contributed by atoms with Gasteiger partial charge in [-0.2, -0.15) is 0 Å². The second-order valence-electron chi connectivity index (χ2n) is 1.59. The first-order chi connectivity index (χ1) is 6.19. The van der Waals surface area contributed by atoms with E-state index < -0.39 is 12.5 Å². The summed E-state index contributed by atoms with van der Waals surface area (Å²) in [6, 6.07) is 0. The van der Waals surface area contributed by atoms with Crippen molar-refractivity contribution in [1.82, 2.24) is 0 Å². The zero-order chi connectivity index (χ0) is 11.8. The van der Waals surface area contributed by atoms with Crippen LogP contribution in [0, 0.1) is 0 Å². The van der Waals surface area contributed by atoms with E-state index in [-0.39, 0.29) is 5.97 Å². The highest BCUT2D eigenvalue weighted by atomic mass is 19.4. The van der Waals surface area contributed by atoms with Crippen LogP contribution in [0.15, 0.2) is 12.8 Å². The molecular weight excluding hydrogens is 209 g/mol. The van der Waals surface area contributed by atoms with Gasteiger partial charge in [-0.05, 0) is 0 Å². The van der Waals surface area contributed by atoms with E-state index in [0.717, 1.165) is 6.26 Å². The molecule has 0 radical (unpaired) electrons. The van der Waals surface area contributed by atoms with Gasteiger partial charge in [-0.3, -0.25) is 4.79 Å². The van der Waals surface area contributed by atoms with Gasteiger partial charge in [0.1, 0.15) is 0 Å². The van der Waals surface area contributed by atoms with Gasteiger partial charge in [0.15, 0.2) is 0 Å². The highest BCUT2D eigenvalue weighted by molar-refractivity contribution is 5.66. The van der Waals surface area contributed by atoms with E-state index in [9.17, 15) is 18.0 Å². The summed E-state index contributed by atoms with van der Waals surface area (Å²) in [7, 11) is 0. The van der Waals surface area contributed by atoms with Crippen LogP contribution in [-0.2, 0) is 14.3 Å². The Balaban J connectivity index is 0. The molecule has 0 amide bonds. The number of carbonyl (C=O) groups excluding carboxylic acids is 1. The standard InChI is InChI=1S/C4H6O2.C2HF3O3/c1-3-6-4(2)5;3-2(4,5)8-1(6)7/h3H,1H2,2H3;(H,6,7). The molecule has 0 bridgehead atoms. The van der Waals surface area contributed by atoms with Crippen molar-refractivity contribution in [3.63, 3.8) is 0 Å². The third kappa shape index (κ3) is 22.4. The Bertz CT molecular complexity index is 210. The van der Waals surface area contributed by atoms with E-state index in [0.29, 0.717) is 0 Å². The Kier molecular flexibility index (Phi) is 7.12. The normalized spacial score (nSPS) is 9.14. The summed E-state index contributed by atoms with van der Waals surface area (Å²) in [5.41, 5.74) is 0. The van der Waals surface area contributed by atoms with Gasteiger partial charge in [-0.25, -0.2) is 4.79 Å². The third-order valence-electron chi connectivity index (χ3n) is 0.452. The number of hydrogen-bond acceptors (Lipinski definition) is 4. The summed E-state index contributed by atoms with van der Waals surface area (Å²) < 4.78 is 38.6. The molecule has 0 aliphatic carbocycles. The topological polar surface area (TPSA) is 72.8 Å². The molecule has 82 valence electrons. The lowest BCUT2D eigenvalue weighted by molar-refractivity contribution is -0.297. The van der Waals surface area contributed by atoms with E-state index >= 15 is 0 Å². The molecular formula is C6H7F3O5. The average molecular weight is 216 g/mol. The lowest BCUT2D eigenvalue weighted by Gasteiger charge is -2.00. The smallest absolute Gasteiger partial charge is 0.450 e. The van der Waals surface area contributed by atoms with Crippen LogP contribution in [0.3, 0.4) is 0 Å². The molecule has 0 aromatic heterocycles. The summed E-state index contributed by atoms with van der Waals surface area (Å²) in [6.07, 6.45) is -6.33. The number of rotatable bonds is 1. The van der Waals surface area contributed by atoms with Crippen molar-refractivity contribution in [3.8, 4) is 0 Å². The second-order valence-corrected chi connectivity index (χ2v) is 1.59. The van der Waals surface area contributed by atoms with Gasteiger partial charge in [0.25, 0.3) is 0 Å². The fourth-order valence-electron chi connectivity index (χ4n) is 0.216. The number of ether oxygens (including phenoxy) is 2. The molecule has 0 aliphatic heterocycles. The molecule has 14 heavy (non-hydrogen) atoms. The summed E-state index contributed by atoms with van der Waals surface area (Å²) in [5.74, 6) is -0.329. The van der Waals surface area contributed by atoms with Crippen molar-refractivity contribution >= 4 is 12.1 Å². The highest BCUT2D eigenvalue weighted by Gasteiger charge is 2.33. The summed E-state index contributed by atoms with van der Waals surface area (Å²) in [5, 5.41) is 7.31. The largest absolute Gasteiger partial charge is 0.577 e. The highest BCUT2D eigenvalue weighted by Crippen LogP contribution is 2.15. The number of hydrogen-bond donors (Lipinski definition) is 1. The maximum absolute atomic E-state index is 10.7. The quantitative estimate of drug-likeness (QED) is 0.535. The lowest BCUT2D eigenvalue weighted by atomic mass is 10.8. The summed E-state index contributed by atoms with van der Waals surface area (Å²) in [6.45, 7) is 4.48. The van der Waals surface area contributed by atoms with Gasteiger partial charge in [0.05, 0.1) is 6.26 Å². The van der Waals surface area contributed by atoms with Crippen molar-refractivity contribution in [2.45, 2.75) is 13.3 Å². The van der Waals surface area contributed by atoms with Gasteiger partial charge in [0.2, 0.25) is 0 Å². The number of carboxylic acid groups (broad SMARTS) is 1. The molecule has 0 aromatic rings. The third-order valence-corrected chi connectivity index (χ3v) is 0.452. The molecule has 0 heterocycles. The van der Waals surface area contributed by atoms with Crippen molar-refractivity contribution in [1.29, 1.82) is 0 Å². The van der Waals surface area contributed by atoms with Gasteiger partial charge >= 0.3 is 18.5 Å². The van der Waals surface area contributed by atoms with E-state index in [1.54, 1.807) is 0 Å². The first-order valence-electron chi connectivity index (χ1n) is 2.96. The Labute approximate surface area is 76.7 Å². The predicted octanol–water partition coefficient (Wildman–Crippen LogP) is 1.89. The van der Waals surface area contributed by atoms with Crippen LogP contribution in [0.1, 0.15) is 6.92 Å². The molecule has 0 unspecified atom stereocenters. The Morgan fingerprint density at radius 3 is 1.86 bits per heavy atom. The molecule has 0 aromatic carbocycles. The predicted molar refractivity (Wildman–Crippen MR) is 37.1 cm³/mol. The van der Waals surface area contributed by atoms with Crippen molar-refractivity contribution in [3.05, 3.63) is 12.8 Å². The van der Waals surface area contributed by atoms with E-state index in [1.807, 2.05) is 0 Å². The van der Waals surface area contributed by atoms with E-state index in [2.05, 4.69) is 16.1 Å². The van der Waals surface area contributed by atoms with Crippen molar-refractivity contribution in [2.75, 3.05) is 0 Å². The molecule has 1 N–H and O–H groups in total. The molecule has 0 fully saturated rings. The number of alkyl halides is 3. The van der Waals surface area contributed by atoms with Crippen LogP contribution in [0.4, 0.5) is 18.0 Å². The van der Waals surface area contributed by atoms with Crippen LogP contribution in [0.5, 0.6) is 0 Å². The minimum absolute atomic E-state index is 0.329. The van der Waals surface area contributed by atoms with E-state index in [4.69, 9.17) is 9.90 Å². The SMILES string of the molecule is C=COC(C)=O.O=C(O)OC(F)(F)F. The summed E-state index contributed by atoms with van der Waals surface area (Å²) in [4.78, 5) is 18.8.